The first-order valence-corrected chi connectivity index (χ1v) is 5.49. The first-order valence-electron chi connectivity index (χ1n) is 5.49. The largest absolute Gasteiger partial charge is 0.477 e. The average Bonchev–Trinajstić information content (AvgIpc) is 2.95. The third-order valence-corrected chi connectivity index (χ3v) is 2.95. The van der Waals surface area contributed by atoms with E-state index >= 15 is 0 Å². The zero-order chi connectivity index (χ0) is 12.7. The van der Waals surface area contributed by atoms with E-state index in [1.54, 1.807) is 18.3 Å². The van der Waals surface area contributed by atoms with Crippen LogP contribution in [-0.4, -0.2) is 25.6 Å². The Morgan fingerprint density at radius 1 is 1.39 bits per heavy atom. The Balaban J connectivity index is 2.22. The predicted octanol–water partition coefficient (Wildman–Crippen LogP) is 2.27. The number of carboxylic acid groups (broad SMARTS) is 1. The maximum Gasteiger partial charge on any atom is 0.352 e. The number of H-pyrrole nitrogens is 1. The highest BCUT2D eigenvalue weighted by Crippen LogP contribution is 2.27. The number of nitrogens with one attached hydrogen (secondary N) is 1. The number of aromatic amines is 1. The van der Waals surface area contributed by atoms with Crippen LogP contribution in [0.15, 0.2) is 36.7 Å². The summed E-state index contributed by atoms with van der Waals surface area (Å²) in [6.07, 6.45) is 3.67. The molecule has 0 spiro atoms. The third-order valence-electron chi connectivity index (χ3n) is 2.95. The number of aromatic nitrogens is 3. The lowest BCUT2D eigenvalue weighted by atomic mass is 10.2. The fourth-order valence-electron chi connectivity index (χ4n) is 2.09. The van der Waals surface area contributed by atoms with Crippen LogP contribution in [0.4, 0.5) is 0 Å². The summed E-state index contributed by atoms with van der Waals surface area (Å²) in [6.45, 7) is 0. The van der Waals surface area contributed by atoms with E-state index in [0.29, 0.717) is 0 Å². The Morgan fingerprint density at radius 3 is 2.94 bits per heavy atom. The summed E-state index contributed by atoms with van der Waals surface area (Å²) in [7, 11) is 1.94. The number of pyridine rings is 1. The van der Waals surface area contributed by atoms with Gasteiger partial charge in [0.1, 0.15) is 5.69 Å². The second-order valence-corrected chi connectivity index (χ2v) is 4.12. The van der Waals surface area contributed by atoms with Gasteiger partial charge in [0.15, 0.2) is 0 Å². The van der Waals surface area contributed by atoms with Gasteiger partial charge in [-0.25, -0.2) is 4.79 Å². The van der Waals surface area contributed by atoms with E-state index in [4.69, 9.17) is 5.11 Å². The van der Waals surface area contributed by atoms with Crippen LogP contribution >= 0.6 is 0 Å². The average molecular weight is 241 g/mol. The molecule has 2 N–H and O–H groups in total. The highest BCUT2D eigenvalue weighted by molar-refractivity contribution is 5.93. The monoisotopic (exact) mass is 241 g/mol. The molecule has 5 heteroatoms. The molecule has 0 atom stereocenters. The molecule has 0 unspecified atom stereocenters. The summed E-state index contributed by atoms with van der Waals surface area (Å²) in [4.78, 5) is 18.1. The molecule has 3 rings (SSSR count). The molecule has 0 aliphatic rings. The minimum absolute atomic E-state index is 0.179. The molecule has 0 fully saturated rings. The summed E-state index contributed by atoms with van der Waals surface area (Å²) in [5, 5.41) is 8.91. The smallest absolute Gasteiger partial charge is 0.352 e. The molecule has 0 aliphatic heterocycles. The minimum atomic E-state index is -0.963. The van der Waals surface area contributed by atoms with Crippen molar-refractivity contribution < 1.29 is 9.90 Å². The second-order valence-electron chi connectivity index (χ2n) is 4.12. The second kappa shape index (κ2) is 3.73. The molecular weight excluding hydrogens is 230 g/mol. The number of carboxylic acids is 1. The van der Waals surface area contributed by atoms with Gasteiger partial charge in [0.2, 0.25) is 0 Å². The molecule has 5 nitrogen and oxygen atoms in total. The molecule has 0 radical (unpaired) electrons. The number of carbonyl (C=O) groups is 1. The normalized spacial score (nSPS) is 10.9. The van der Waals surface area contributed by atoms with E-state index in [1.807, 2.05) is 29.9 Å². The van der Waals surface area contributed by atoms with Gasteiger partial charge in [0.05, 0.1) is 11.0 Å². The molecule has 0 saturated heterocycles. The fraction of sp³-hybridized carbons (Fsp3) is 0.0769. The van der Waals surface area contributed by atoms with E-state index in [-0.39, 0.29) is 5.69 Å². The zero-order valence-corrected chi connectivity index (χ0v) is 9.71. The van der Waals surface area contributed by atoms with Crippen molar-refractivity contribution in [1.82, 2.24) is 14.5 Å². The van der Waals surface area contributed by atoms with Crippen LogP contribution < -0.4 is 0 Å². The van der Waals surface area contributed by atoms with Crippen molar-refractivity contribution in [2.45, 2.75) is 0 Å². The number of hydrogen-bond acceptors (Lipinski definition) is 2. The van der Waals surface area contributed by atoms with Gasteiger partial charge in [-0.2, -0.15) is 0 Å². The molecule has 0 saturated carbocycles. The van der Waals surface area contributed by atoms with Crippen molar-refractivity contribution in [1.29, 1.82) is 0 Å². The third kappa shape index (κ3) is 1.48. The standard InChI is InChI=1S/C13H11N3O2/c1-16-7-8(12-11(16)3-2-6-14-12)9-4-5-10(15-9)13(17)18/h2-7,15H,1H3,(H,17,18). The summed E-state index contributed by atoms with van der Waals surface area (Å²) in [5.41, 5.74) is 3.72. The van der Waals surface area contributed by atoms with Gasteiger partial charge in [-0.15, -0.1) is 0 Å². The predicted molar refractivity (Wildman–Crippen MR) is 67.5 cm³/mol. The van der Waals surface area contributed by atoms with Crippen LogP contribution in [0.1, 0.15) is 10.5 Å². The van der Waals surface area contributed by atoms with E-state index in [1.165, 1.54) is 0 Å². The van der Waals surface area contributed by atoms with Crippen molar-refractivity contribution in [2.24, 2.45) is 7.05 Å². The molecule has 0 aromatic carbocycles. The summed E-state index contributed by atoms with van der Waals surface area (Å²) >= 11 is 0. The van der Waals surface area contributed by atoms with Crippen molar-refractivity contribution >= 4 is 17.0 Å². The SMILES string of the molecule is Cn1cc(-c2ccc(C(=O)O)[nH]2)c2ncccc21. The van der Waals surface area contributed by atoms with E-state index in [0.717, 1.165) is 22.3 Å². The highest BCUT2D eigenvalue weighted by Gasteiger charge is 2.12. The lowest BCUT2D eigenvalue weighted by Crippen LogP contribution is -1.95. The molecule has 18 heavy (non-hydrogen) atoms. The van der Waals surface area contributed by atoms with Gasteiger partial charge in [-0.05, 0) is 24.3 Å². The molecule has 3 heterocycles. The van der Waals surface area contributed by atoms with Crippen molar-refractivity contribution in [2.75, 3.05) is 0 Å². The Morgan fingerprint density at radius 2 is 2.22 bits per heavy atom. The van der Waals surface area contributed by atoms with Crippen molar-refractivity contribution in [3.63, 3.8) is 0 Å². The van der Waals surface area contributed by atoms with Crippen LogP contribution in [0.5, 0.6) is 0 Å². The van der Waals surface area contributed by atoms with E-state index in [9.17, 15) is 4.79 Å². The van der Waals surface area contributed by atoms with E-state index in [2.05, 4.69) is 9.97 Å². The van der Waals surface area contributed by atoms with Gasteiger partial charge < -0.3 is 14.7 Å². The minimum Gasteiger partial charge on any atom is -0.477 e. The molecule has 3 aromatic rings. The van der Waals surface area contributed by atoms with Crippen molar-refractivity contribution in [3.8, 4) is 11.3 Å². The molecule has 0 amide bonds. The zero-order valence-electron chi connectivity index (χ0n) is 9.71. The Hall–Kier alpha value is -2.56. The topological polar surface area (TPSA) is 70.9 Å². The van der Waals surface area contributed by atoms with Crippen LogP contribution in [0.2, 0.25) is 0 Å². The van der Waals surface area contributed by atoms with Gasteiger partial charge in [-0.1, -0.05) is 0 Å². The Labute approximate surface area is 103 Å². The molecule has 0 bridgehead atoms. The fourth-order valence-corrected chi connectivity index (χ4v) is 2.09. The number of aromatic carboxylic acids is 1. The summed E-state index contributed by atoms with van der Waals surface area (Å²) in [5.74, 6) is -0.963. The maximum atomic E-state index is 10.9. The first kappa shape index (κ1) is 10.6. The Bertz CT molecular complexity index is 740. The number of fused-ring (bicyclic) bond motifs is 1. The Kier molecular flexibility index (Phi) is 2.19. The first-order chi connectivity index (χ1) is 8.66. The maximum absolute atomic E-state index is 10.9. The van der Waals surface area contributed by atoms with Crippen LogP contribution in [0, 0.1) is 0 Å². The molecule has 3 aromatic heterocycles. The van der Waals surface area contributed by atoms with Crippen LogP contribution in [0.25, 0.3) is 22.3 Å². The van der Waals surface area contributed by atoms with Crippen LogP contribution in [0.3, 0.4) is 0 Å². The van der Waals surface area contributed by atoms with Crippen molar-refractivity contribution in [3.05, 3.63) is 42.4 Å². The van der Waals surface area contributed by atoms with Gasteiger partial charge in [0, 0.05) is 30.7 Å². The number of nitrogens with zero attached hydrogens (tertiary/aromatic N) is 2. The van der Waals surface area contributed by atoms with E-state index < -0.39 is 5.97 Å². The number of aryl methyl sites for hydroxylation is 1. The highest BCUT2D eigenvalue weighted by atomic mass is 16.4. The van der Waals surface area contributed by atoms with Gasteiger partial charge >= 0.3 is 5.97 Å². The van der Waals surface area contributed by atoms with Crippen LogP contribution in [-0.2, 0) is 7.05 Å². The summed E-state index contributed by atoms with van der Waals surface area (Å²) in [6, 6.07) is 7.17. The molecule has 90 valence electrons. The lowest BCUT2D eigenvalue weighted by molar-refractivity contribution is 0.0691. The lowest BCUT2D eigenvalue weighted by Gasteiger charge is -1.94. The number of hydrogen-bond donors (Lipinski definition) is 2. The molecule has 0 aliphatic carbocycles. The quantitative estimate of drug-likeness (QED) is 0.723. The van der Waals surface area contributed by atoms with Gasteiger partial charge in [-0.3, -0.25) is 4.98 Å². The summed E-state index contributed by atoms with van der Waals surface area (Å²) < 4.78 is 1.97. The van der Waals surface area contributed by atoms with Gasteiger partial charge in [0.25, 0.3) is 0 Å². The molecular formula is C13H11N3O2. The number of rotatable bonds is 2.